The fourth-order valence-corrected chi connectivity index (χ4v) is 3.22. The molecule has 0 atom stereocenters. The third kappa shape index (κ3) is 4.06. The van der Waals surface area contributed by atoms with Gasteiger partial charge in [-0.15, -0.1) is 0 Å². The molecule has 0 unspecified atom stereocenters. The van der Waals surface area contributed by atoms with E-state index in [-0.39, 0.29) is 18.0 Å². The highest BCUT2D eigenvalue weighted by atomic mass is 127. The fourth-order valence-electron chi connectivity index (χ4n) is 1.91. The van der Waals surface area contributed by atoms with Crippen molar-refractivity contribution in [2.24, 2.45) is 0 Å². The molecule has 0 aromatic heterocycles. The molecule has 2 aromatic rings. The number of benzene rings is 2. The number of phenols is 1. The number of phenolic OH excluding ortho intramolecular Hbond substituents is 1. The number of halogens is 3. The van der Waals surface area contributed by atoms with Gasteiger partial charge in [0, 0.05) is 9.13 Å². The first-order valence-corrected chi connectivity index (χ1v) is 8.11. The maximum atomic E-state index is 13.5. The van der Waals surface area contributed by atoms with Crippen LogP contribution < -0.4 is 0 Å². The Labute approximate surface area is 148 Å². The molecule has 0 aliphatic heterocycles. The molecule has 0 saturated carbocycles. The number of hydrogen-bond donors (Lipinski definition) is 1. The van der Waals surface area contributed by atoms with Crippen LogP contribution in [-0.4, -0.2) is 18.2 Å². The lowest BCUT2D eigenvalue weighted by molar-refractivity contribution is -0.139. The second-order valence-electron chi connectivity index (χ2n) is 4.38. The largest absolute Gasteiger partial charge is 0.507 e. The maximum absolute atomic E-state index is 13.5. The highest BCUT2D eigenvalue weighted by Gasteiger charge is 2.14. The third-order valence-electron chi connectivity index (χ3n) is 2.90. The predicted molar refractivity (Wildman–Crippen MR) is 94.7 cm³/mol. The van der Waals surface area contributed by atoms with Crippen molar-refractivity contribution in [3.8, 4) is 16.9 Å². The van der Waals surface area contributed by atoms with Gasteiger partial charge in [0.2, 0.25) is 0 Å². The molecule has 2 rings (SSSR count). The SMILES string of the molecule is COC(=O)Cc1cc(-c2cc(F)cc(I)c2)cc(I)c1O. The van der Waals surface area contributed by atoms with Crippen LogP contribution in [0.3, 0.4) is 0 Å². The Hall–Kier alpha value is -0.900. The van der Waals surface area contributed by atoms with Gasteiger partial charge in [-0.2, -0.15) is 0 Å². The minimum absolute atomic E-state index is 0.0292. The summed E-state index contributed by atoms with van der Waals surface area (Å²) in [6, 6.07) is 8.13. The standard InChI is InChI=1S/C15H11FI2O3/c1-21-14(19)6-10-2-8(5-13(18)15(10)20)9-3-11(16)7-12(17)4-9/h2-5,7,20H,6H2,1H3. The van der Waals surface area contributed by atoms with E-state index in [0.29, 0.717) is 14.7 Å². The van der Waals surface area contributed by atoms with E-state index in [1.54, 1.807) is 12.1 Å². The maximum Gasteiger partial charge on any atom is 0.310 e. The number of methoxy groups -OCH3 is 1. The zero-order valence-electron chi connectivity index (χ0n) is 11.0. The Morgan fingerprint density at radius 2 is 1.86 bits per heavy atom. The molecule has 0 saturated heterocycles. The van der Waals surface area contributed by atoms with Gasteiger partial charge < -0.3 is 9.84 Å². The van der Waals surface area contributed by atoms with Crippen LogP contribution in [0, 0.1) is 13.0 Å². The predicted octanol–water partition coefficient (Wildman–Crippen LogP) is 4.12. The lowest BCUT2D eigenvalue weighted by Crippen LogP contribution is -2.05. The molecule has 21 heavy (non-hydrogen) atoms. The molecule has 0 spiro atoms. The number of aromatic hydroxyl groups is 1. The Kier molecular flexibility index (Phi) is 5.42. The molecule has 0 aliphatic carbocycles. The van der Waals surface area contributed by atoms with E-state index < -0.39 is 5.97 Å². The molecule has 0 heterocycles. The van der Waals surface area contributed by atoms with E-state index in [9.17, 15) is 14.3 Å². The second kappa shape index (κ2) is 6.91. The van der Waals surface area contributed by atoms with Crippen LogP contribution >= 0.6 is 45.2 Å². The summed E-state index contributed by atoms with van der Waals surface area (Å²) in [6.45, 7) is 0. The summed E-state index contributed by atoms with van der Waals surface area (Å²) in [4.78, 5) is 11.4. The average Bonchev–Trinajstić information content (AvgIpc) is 2.42. The van der Waals surface area contributed by atoms with E-state index in [1.807, 2.05) is 51.2 Å². The molecule has 0 aliphatic rings. The van der Waals surface area contributed by atoms with Crippen LogP contribution in [0.4, 0.5) is 4.39 Å². The van der Waals surface area contributed by atoms with Crippen molar-refractivity contribution < 1.29 is 19.0 Å². The molecule has 0 amide bonds. The third-order valence-corrected chi connectivity index (χ3v) is 4.35. The first-order valence-electron chi connectivity index (χ1n) is 5.95. The number of esters is 1. The zero-order valence-corrected chi connectivity index (χ0v) is 15.3. The summed E-state index contributed by atoms with van der Waals surface area (Å²) in [5.41, 5.74) is 1.90. The van der Waals surface area contributed by atoms with Gasteiger partial charge in [0.05, 0.1) is 17.1 Å². The summed E-state index contributed by atoms with van der Waals surface area (Å²) in [5.74, 6) is -0.711. The topological polar surface area (TPSA) is 46.5 Å². The smallest absolute Gasteiger partial charge is 0.310 e. The van der Waals surface area contributed by atoms with Gasteiger partial charge in [-0.05, 0) is 86.6 Å². The minimum atomic E-state index is -0.438. The highest BCUT2D eigenvalue weighted by Crippen LogP contribution is 2.32. The molecule has 3 nitrogen and oxygen atoms in total. The second-order valence-corrected chi connectivity index (χ2v) is 6.78. The molecular formula is C15H11FI2O3. The van der Waals surface area contributed by atoms with Crippen LogP contribution in [0.5, 0.6) is 5.75 Å². The first-order chi connectivity index (χ1) is 9.90. The lowest BCUT2D eigenvalue weighted by Gasteiger charge is -2.10. The fraction of sp³-hybridized carbons (Fsp3) is 0.133. The Bertz CT molecular complexity index is 681. The number of ether oxygens (including phenoxy) is 1. The van der Waals surface area contributed by atoms with E-state index in [4.69, 9.17) is 0 Å². The van der Waals surface area contributed by atoms with Gasteiger partial charge in [-0.25, -0.2) is 4.39 Å². The van der Waals surface area contributed by atoms with Gasteiger partial charge in [0.1, 0.15) is 11.6 Å². The molecule has 0 fully saturated rings. The van der Waals surface area contributed by atoms with Crippen molar-refractivity contribution in [2.45, 2.75) is 6.42 Å². The van der Waals surface area contributed by atoms with Crippen molar-refractivity contribution in [3.63, 3.8) is 0 Å². The molecule has 0 radical (unpaired) electrons. The van der Waals surface area contributed by atoms with Gasteiger partial charge >= 0.3 is 5.97 Å². The number of hydrogen-bond acceptors (Lipinski definition) is 3. The number of rotatable bonds is 3. The Morgan fingerprint density at radius 3 is 2.48 bits per heavy atom. The molecule has 2 aromatic carbocycles. The van der Waals surface area contributed by atoms with Crippen LogP contribution in [0.25, 0.3) is 11.1 Å². The highest BCUT2D eigenvalue weighted by molar-refractivity contribution is 14.1. The minimum Gasteiger partial charge on any atom is -0.507 e. The summed E-state index contributed by atoms with van der Waals surface area (Å²) in [7, 11) is 1.29. The monoisotopic (exact) mass is 512 g/mol. The van der Waals surface area contributed by atoms with E-state index in [0.717, 1.165) is 9.13 Å². The first kappa shape index (κ1) is 16.5. The summed E-state index contributed by atoms with van der Waals surface area (Å²) >= 11 is 4.02. The Balaban J connectivity index is 2.52. The van der Waals surface area contributed by atoms with E-state index in [2.05, 4.69) is 4.74 Å². The van der Waals surface area contributed by atoms with Gasteiger partial charge in [0.15, 0.2) is 0 Å². The Morgan fingerprint density at radius 1 is 1.19 bits per heavy atom. The van der Waals surface area contributed by atoms with Crippen molar-refractivity contribution in [1.82, 2.24) is 0 Å². The van der Waals surface area contributed by atoms with Crippen molar-refractivity contribution in [2.75, 3.05) is 7.11 Å². The normalized spacial score (nSPS) is 10.5. The summed E-state index contributed by atoms with van der Waals surface area (Å²) < 4.78 is 19.5. The van der Waals surface area contributed by atoms with E-state index in [1.165, 1.54) is 19.2 Å². The lowest BCUT2D eigenvalue weighted by atomic mass is 10.0. The van der Waals surface area contributed by atoms with Crippen molar-refractivity contribution >= 4 is 51.2 Å². The van der Waals surface area contributed by atoms with E-state index >= 15 is 0 Å². The van der Waals surface area contributed by atoms with Crippen LogP contribution in [-0.2, 0) is 16.0 Å². The van der Waals surface area contributed by atoms with Crippen molar-refractivity contribution in [1.29, 1.82) is 0 Å². The zero-order chi connectivity index (χ0) is 15.6. The van der Waals surface area contributed by atoms with Gasteiger partial charge in [-0.3, -0.25) is 4.79 Å². The average molecular weight is 512 g/mol. The van der Waals surface area contributed by atoms with Gasteiger partial charge in [0.25, 0.3) is 0 Å². The molecule has 110 valence electrons. The van der Waals surface area contributed by atoms with Crippen LogP contribution in [0.15, 0.2) is 30.3 Å². The van der Waals surface area contributed by atoms with Crippen LogP contribution in [0.2, 0.25) is 0 Å². The molecule has 0 bridgehead atoms. The van der Waals surface area contributed by atoms with Gasteiger partial charge in [-0.1, -0.05) is 0 Å². The number of carbonyl (C=O) groups excluding carboxylic acids is 1. The van der Waals surface area contributed by atoms with Crippen LogP contribution in [0.1, 0.15) is 5.56 Å². The molecule has 1 N–H and O–H groups in total. The molecule has 6 heteroatoms. The number of carbonyl (C=O) groups is 1. The quantitative estimate of drug-likeness (QED) is 0.498. The summed E-state index contributed by atoms with van der Waals surface area (Å²) in [6.07, 6.45) is -0.0292. The molecular weight excluding hydrogens is 501 g/mol. The van der Waals surface area contributed by atoms with Crippen molar-refractivity contribution in [3.05, 3.63) is 48.9 Å². The summed E-state index contributed by atoms with van der Waals surface area (Å²) in [5, 5.41) is 10.0.